The summed E-state index contributed by atoms with van der Waals surface area (Å²) in [5.74, 6) is -0.169. The van der Waals surface area contributed by atoms with Crippen LogP contribution >= 0.6 is 0 Å². The summed E-state index contributed by atoms with van der Waals surface area (Å²) in [4.78, 5) is 14.3. The molecule has 0 spiro atoms. The van der Waals surface area contributed by atoms with Crippen LogP contribution in [0.15, 0.2) is 47.4 Å². The SMILES string of the molecule is CCN(CC)C(=O)c1ccc(C)c(S(=O)(=O)Nc2ccccc2C)c1. The van der Waals surface area contributed by atoms with E-state index in [1.54, 1.807) is 36.1 Å². The molecule has 0 aliphatic carbocycles. The molecule has 5 nitrogen and oxygen atoms in total. The number of carbonyl (C=O) groups excluding carboxylic acids is 1. The van der Waals surface area contributed by atoms with Gasteiger partial charge < -0.3 is 4.90 Å². The highest BCUT2D eigenvalue weighted by Gasteiger charge is 2.21. The summed E-state index contributed by atoms with van der Waals surface area (Å²) < 4.78 is 28.3. The number of anilines is 1. The van der Waals surface area contributed by atoms with E-state index in [2.05, 4.69) is 4.72 Å². The number of benzene rings is 2. The van der Waals surface area contributed by atoms with Crippen LogP contribution in [-0.4, -0.2) is 32.3 Å². The van der Waals surface area contributed by atoms with Gasteiger partial charge in [0, 0.05) is 18.7 Å². The molecule has 0 heterocycles. The monoisotopic (exact) mass is 360 g/mol. The molecule has 6 heteroatoms. The first-order chi connectivity index (χ1) is 11.8. The molecule has 0 fully saturated rings. The maximum absolute atomic E-state index is 12.8. The first-order valence-electron chi connectivity index (χ1n) is 8.28. The van der Waals surface area contributed by atoms with Crippen LogP contribution in [0.2, 0.25) is 0 Å². The van der Waals surface area contributed by atoms with E-state index in [1.807, 2.05) is 32.9 Å². The van der Waals surface area contributed by atoms with Crippen molar-refractivity contribution >= 4 is 21.6 Å². The standard InChI is InChI=1S/C19H24N2O3S/c1-5-21(6-2)19(22)16-12-11-15(4)18(13-16)25(23,24)20-17-10-8-7-9-14(17)3/h7-13,20H,5-6H2,1-4H3. The van der Waals surface area contributed by atoms with Crippen molar-refractivity contribution < 1.29 is 13.2 Å². The Morgan fingerprint density at radius 2 is 1.64 bits per heavy atom. The molecule has 2 rings (SSSR count). The molecule has 0 saturated heterocycles. The van der Waals surface area contributed by atoms with Gasteiger partial charge in [0.1, 0.15) is 0 Å². The first kappa shape index (κ1) is 19.0. The Labute approximate surface area is 149 Å². The highest BCUT2D eigenvalue weighted by atomic mass is 32.2. The van der Waals surface area contributed by atoms with Gasteiger partial charge >= 0.3 is 0 Å². The minimum atomic E-state index is -3.78. The minimum Gasteiger partial charge on any atom is -0.339 e. The van der Waals surface area contributed by atoms with Gasteiger partial charge in [0.2, 0.25) is 0 Å². The number of carbonyl (C=O) groups is 1. The highest BCUT2D eigenvalue weighted by molar-refractivity contribution is 7.92. The van der Waals surface area contributed by atoms with Crippen molar-refractivity contribution in [3.05, 3.63) is 59.2 Å². The van der Waals surface area contributed by atoms with Crippen LogP contribution in [0.5, 0.6) is 0 Å². The molecule has 0 radical (unpaired) electrons. The van der Waals surface area contributed by atoms with Crippen LogP contribution < -0.4 is 4.72 Å². The molecule has 0 saturated carbocycles. The fourth-order valence-electron chi connectivity index (χ4n) is 2.60. The molecule has 1 amide bonds. The average Bonchev–Trinajstić information content (AvgIpc) is 2.58. The minimum absolute atomic E-state index is 0.119. The quantitative estimate of drug-likeness (QED) is 0.856. The molecule has 1 N–H and O–H groups in total. The number of nitrogens with one attached hydrogen (secondary N) is 1. The van der Waals surface area contributed by atoms with Gasteiger partial charge in [-0.2, -0.15) is 0 Å². The van der Waals surface area contributed by atoms with Crippen LogP contribution in [0.3, 0.4) is 0 Å². The third kappa shape index (κ3) is 4.20. The first-order valence-corrected chi connectivity index (χ1v) is 9.76. The smallest absolute Gasteiger partial charge is 0.262 e. The summed E-state index contributed by atoms with van der Waals surface area (Å²) in [6.45, 7) is 8.50. The maximum atomic E-state index is 12.8. The molecule has 0 aliphatic rings. The Bertz CT molecular complexity index is 872. The summed E-state index contributed by atoms with van der Waals surface area (Å²) in [5.41, 5.74) is 2.33. The number of hydrogen-bond acceptors (Lipinski definition) is 3. The fraction of sp³-hybridized carbons (Fsp3) is 0.316. The molecule has 0 unspecified atom stereocenters. The van der Waals surface area contributed by atoms with Crippen molar-refractivity contribution in [1.29, 1.82) is 0 Å². The van der Waals surface area contributed by atoms with E-state index in [9.17, 15) is 13.2 Å². The van der Waals surface area contributed by atoms with E-state index < -0.39 is 10.0 Å². The van der Waals surface area contributed by atoms with Crippen molar-refractivity contribution in [2.45, 2.75) is 32.6 Å². The zero-order valence-electron chi connectivity index (χ0n) is 15.0. The van der Waals surface area contributed by atoms with Crippen LogP contribution in [-0.2, 0) is 10.0 Å². The van der Waals surface area contributed by atoms with E-state index in [0.717, 1.165) is 5.56 Å². The zero-order valence-corrected chi connectivity index (χ0v) is 15.9. The third-order valence-electron chi connectivity index (χ3n) is 4.16. The molecule has 0 atom stereocenters. The Morgan fingerprint density at radius 1 is 1.00 bits per heavy atom. The molecule has 0 bridgehead atoms. The number of hydrogen-bond donors (Lipinski definition) is 1. The second-order valence-electron chi connectivity index (χ2n) is 5.88. The second-order valence-corrected chi connectivity index (χ2v) is 7.53. The largest absolute Gasteiger partial charge is 0.339 e. The van der Waals surface area contributed by atoms with E-state index >= 15 is 0 Å². The van der Waals surface area contributed by atoms with Gasteiger partial charge in [-0.3, -0.25) is 9.52 Å². The van der Waals surface area contributed by atoms with Crippen LogP contribution in [0.4, 0.5) is 5.69 Å². The van der Waals surface area contributed by atoms with Crippen molar-refractivity contribution in [3.8, 4) is 0 Å². The maximum Gasteiger partial charge on any atom is 0.262 e. The van der Waals surface area contributed by atoms with Crippen LogP contribution in [0, 0.1) is 13.8 Å². The number of aryl methyl sites for hydroxylation is 2. The fourth-order valence-corrected chi connectivity index (χ4v) is 4.01. The lowest BCUT2D eigenvalue weighted by atomic mass is 10.1. The van der Waals surface area contributed by atoms with Crippen molar-refractivity contribution in [2.75, 3.05) is 17.8 Å². The topological polar surface area (TPSA) is 66.5 Å². The zero-order chi connectivity index (χ0) is 18.6. The van der Waals surface area contributed by atoms with Crippen molar-refractivity contribution in [3.63, 3.8) is 0 Å². The summed E-state index contributed by atoms with van der Waals surface area (Å²) in [6.07, 6.45) is 0. The number of amides is 1. The molecular weight excluding hydrogens is 336 g/mol. The van der Waals surface area contributed by atoms with E-state index in [1.165, 1.54) is 6.07 Å². The average molecular weight is 360 g/mol. The lowest BCUT2D eigenvalue weighted by molar-refractivity contribution is 0.0772. The summed E-state index contributed by atoms with van der Waals surface area (Å²) in [6, 6.07) is 12.0. The van der Waals surface area contributed by atoms with Gasteiger partial charge in [-0.15, -0.1) is 0 Å². The molecule has 0 aliphatic heterocycles. The van der Waals surface area contributed by atoms with Crippen LogP contribution in [0.1, 0.15) is 35.3 Å². The summed E-state index contributed by atoms with van der Waals surface area (Å²) in [5, 5.41) is 0. The number of para-hydroxylation sites is 1. The second kappa shape index (κ2) is 7.70. The van der Waals surface area contributed by atoms with Gasteiger partial charge in [-0.05, 0) is 57.0 Å². The summed E-state index contributed by atoms with van der Waals surface area (Å²) >= 11 is 0. The predicted molar refractivity (Wildman–Crippen MR) is 100 cm³/mol. The molecule has 2 aromatic carbocycles. The van der Waals surface area contributed by atoms with Crippen molar-refractivity contribution in [1.82, 2.24) is 4.90 Å². The van der Waals surface area contributed by atoms with E-state index in [0.29, 0.717) is 29.9 Å². The normalized spacial score (nSPS) is 11.2. The Morgan fingerprint density at radius 3 is 2.24 bits per heavy atom. The molecule has 25 heavy (non-hydrogen) atoms. The number of nitrogens with zero attached hydrogens (tertiary/aromatic N) is 1. The highest BCUT2D eigenvalue weighted by Crippen LogP contribution is 2.23. The molecular formula is C19H24N2O3S. The van der Waals surface area contributed by atoms with Gasteiger partial charge in [0.15, 0.2) is 0 Å². The Balaban J connectivity index is 2.42. The Kier molecular flexibility index (Phi) is 5.85. The lowest BCUT2D eigenvalue weighted by Gasteiger charge is -2.19. The number of sulfonamides is 1. The Hall–Kier alpha value is -2.34. The van der Waals surface area contributed by atoms with Crippen LogP contribution in [0.25, 0.3) is 0 Å². The third-order valence-corrected chi connectivity index (χ3v) is 5.67. The van der Waals surface area contributed by atoms with Gasteiger partial charge in [-0.1, -0.05) is 24.3 Å². The van der Waals surface area contributed by atoms with E-state index in [4.69, 9.17) is 0 Å². The molecule has 0 aromatic heterocycles. The molecule has 134 valence electrons. The van der Waals surface area contributed by atoms with Gasteiger partial charge in [0.25, 0.3) is 15.9 Å². The van der Waals surface area contributed by atoms with E-state index in [-0.39, 0.29) is 10.8 Å². The summed E-state index contributed by atoms with van der Waals surface area (Å²) in [7, 11) is -3.78. The van der Waals surface area contributed by atoms with Crippen molar-refractivity contribution in [2.24, 2.45) is 0 Å². The molecule has 2 aromatic rings. The predicted octanol–water partition coefficient (Wildman–Crippen LogP) is 3.59. The number of rotatable bonds is 6. The van der Waals surface area contributed by atoms with Gasteiger partial charge in [0.05, 0.1) is 10.6 Å². The lowest BCUT2D eigenvalue weighted by Crippen LogP contribution is -2.30. The van der Waals surface area contributed by atoms with Gasteiger partial charge in [-0.25, -0.2) is 8.42 Å².